The van der Waals surface area contributed by atoms with Crippen molar-refractivity contribution in [2.45, 2.75) is 27.2 Å². The lowest BCUT2D eigenvalue weighted by Gasteiger charge is -2.15. The molecule has 0 fully saturated rings. The second kappa shape index (κ2) is 5.08. The van der Waals surface area contributed by atoms with Gasteiger partial charge in [-0.2, -0.15) is 0 Å². The molecule has 0 bridgehead atoms. The SMILES string of the molecule is CCC(C)C(=O)c1c(OC)cc(O)c(C)c1O. The van der Waals surface area contributed by atoms with Crippen LogP contribution in [0.1, 0.15) is 36.2 Å². The van der Waals surface area contributed by atoms with E-state index < -0.39 is 0 Å². The van der Waals surface area contributed by atoms with Gasteiger partial charge in [-0.05, 0) is 13.3 Å². The molecule has 2 N–H and O–H groups in total. The maximum Gasteiger partial charge on any atom is 0.173 e. The third kappa shape index (κ3) is 2.35. The van der Waals surface area contributed by atoms with Crippen LogP contribution in [0.25, 0.3) is 0 Å². The van der Waals surface area contributed by atoms with Crippen LogP contribution in [0.2, 0.25) is 0 Å². The van der Waals surface area contributed by atoms with E-state index in [0.717, 1.165) is 0 Å². The lowest BCUT2D eigenvalue weighted by atomic mass is 9.94. The zero-order valence-corrected chi connectivity index (χ0v) is 10.6. The zero-order valence-electron chi connectivity index (χ0n) is 10.6. The maximum atomic E-state index is 12.1. The Hall–Kier alpha value is -1.71. The molecule has 0 aliphatic rings. The van der Waals surface area contributed by atoms with E-state index in [2.05, 4.69) is 0 Å². The summed E-state index contributed by atoms with van der Waals surface area (Å²) in [6.45, 7) is 5.25. The summed E-state index contributed by atoms with van der Waals surface area (Å²) in [5.74, 6) is -0.452. The number of phenols is 2. The van der Waals surface area contributed by atoms with Crippen LogP contribution >= 0.6 is 0 Å². The lowest BCUT2D eigenvalue weighted by molar-refractivity contribution is 0.0921. The fourth-order valence-corrected chi connectivity index (χ4v) is 1.56. The Morgan fingerprint density at radius 2 is 2.06 bits per heavy atom. The van der Waals surface area contributed by atoms with Gasteiger partial charge < -0.3 is 14.9 Å². The first kappa shape index (κ1) is 13.4. The van der Waals surface area contributed by atoms with Gasteiger partial charge in [0, 0.05) is 17.5 Å². The van der Waals surface area contributed by atoms with Crippen LogP contribution in [0.3, 0.4) is 0 Å². The number of ether oxygens (including phenoxy) is 1. The Kier molecular flexibility index (Phi) is 3.99. The van der Waals surface area contributed by atoms with E-state index in [-0.39, 0.29) is 40.1 Å². The summed E-state index contributed by atoms with van der Waals surface area (Å²) in [6, 6.07) is 1.35. The van der Waals surface area contributed by atoms with Gasteiger partial charge in [0.05, 0.1) is 7.11 Å². The summed E-state index contributed by atoms with van der Waals surface area (Å²) < 4.78 is 5.04. The largest absolute Gasteiger partial charge is 0.507 e. The molecule has 94 valence electrons. The molecular formula is C13H18O4. The van der Waals surface area contributed by atoms with Gasteiger partial charge in [-0.25, -0.2) is 0 Å². The van der Waals surface area contributed by atoms with Crippen molar-refractivity contribution < 1.29 is 19.7 Å². The number of methoxy groups -OCH3 is 1. The third-order valence-corrected chi connectivity index (χ3v) is 3.02. The monoisotopic (exact) mass is 238 g/mol. The fourth-order valence-electron chi connectivity index (χ4n) is 1.56. The standard InChI is InChI=1S/C13H18O4/c1-5-7(2)12(15)11-10(17-4)6-9(14)8(3)13(11)16/h6-7,14,16H,5H2,1-4H3. The molecule has 0 aliphatic carbocycles. The molecule has 0 heterocycles. The van der Waals surface area contributed by atoms with Crippen molar-refractivity contribution in [1.82, 2.24) is 0 Å². The van der Waals surface area contributed by atoms with E-state index >= 15 is 0 Å². The highest BCUT2D eigenvalue weighted by molar-refractivity contribution is 6.03. The normalized spacial score (nSPS) is 12.2. The van der Waals surface area contributed by atoms with E-state index in [1.807, 2.05) is 6.92 Å². The summed E-state index contributed by atoms with van der Waals surface area (Å²) in [5, 5.41) is 19.5. The molecule has 1 aromatic carbocycles. The number of hydrogen-bond acceptors (Lipinski definition) is 4. The van der Waals surface area contributed by atoms with Crippen LogP contribution in [-0.4, -0.2) is 23.1 Å². The Morgan fingerprint density at radius 3 is 2.53 bits per heavy atom. The minimum Gasteiger partial charge on any atom is -0.507 e. The van der Waals surface area contributed by atoms with Gasteiger partial charge in [-0.3, -0.25) is 4.79 Å². The van der Waals surface area contributed by atoms with Gasteiger partial charge >= 0.3 is 0 Å². The van der Waals surface area contributed by atoms with Gasteiger partial charge in [0.25, 0.3) is 0 Å². The van der Waals surface area contributed by atoms with Crippen molar-refractivity contribution in [3.63, 3.8) is 0 Å². The Labute approximate surface area is 101 Å². The summed E-state index contributed by atoms with van der Waals surface area (Å²) in [4.78, 5) is 12.1. The average molecular weight is 238 g/mol. The lowest BCUT2D eigenvalue weighted by Crippen LogP contribution is -2.12. The molecule has 4 heteroatoms. The maximum absolute atomic E-state index is 12.1. The second-order valence-electron chi connectivity index (χ2n) is 4.12. The number of phenolic OH excluding ortho intramolecular Hbond substituents is 2. The number of carbonyl (C=O) groups is 1. The Morgan fingerprint density at radius 1 is 1.47 bits per heavy atom. The van der Waals surface area contributed by atoms with Crippen molar-refractivity contribution in [2.75, 3.05) is 7.11 Å². The minimum absolute atomic E-state index is 0.0833. The molecule has 0 aromatic heterocycles. The predicted molar refractivity (Wildman–Crippen MR) is 64.8 cm³/mol. The molecule has 0 saturated heterocycles. The molecule has 0 saturated carbocycles. The van der Waals surface area contributed by atoms with Crippen LogP contribution in [0, 0.1) is 12.8 Å². The van der Waals surface area contributed by atoms with Gasteiger partial charge in [-0.1, -0.05) is 13.8 Å². The van der Waals surface area contributed by atoms with Crippen molar-refractivity contribution >= 4 is 5.78 Å². The van der Waals surface area contributed by atoms with Gasteiger partial charge in [0.15, 0.2) is 5.78 Å². The third-order valence-electron chi connectivity index (χ3n) is 3.02. The average Bonchev–Trinajstić information content (AvgIpc) is 2.33. The molecule has 0 amide bonds. The van der Waals surface area contributed by atoms with Crippen molar-refractivity contribution in [1.29, 1.82) is 0 Å². The van der Waals surface area contributed by atoms with E-state index in [4.69, 9.17) is 4.74 Å². The highest BCUT2D eigenvalue weighted by atomic mass is 16.5. The molecule has 1 atom stereocenters. The van der Waals surface area contributed by atoms with Crippen molar-refractivity contribution in [2.24, 2.45) is 5.92 Å². The molecule has 1 aromatic rings. The van der Waals surface area contributed by atoms with E-state index in [0.29, 0.717) is 6.42 Å². The summed E-state index contributed by atoms with van der Waals surface area (Å²) >= 11 is 0. The molecule has 17 heavy (non-hydrogen) atoms. The highest BCUT2D eigenvalue weighted by Crippen LogP contribution is 2.38. The summed E-state index contributed by atoms with van der Waals surface area (Å²) in [6.07, 6.45) is 0.682. The topological polar surface area (TPSA) is 66.8 Å². The predicted octanol–water partition coefficient (Wildman–Crippen LogP) is 2.64. The zero-order chi connectivity index (χ0) is 13.2. The highest BCUT2D eigenvalue weighted by Gasteiger charge is 2.24. The fraction of sp³-hybridized carbons (Fsp3) is 0.462. The Balaban J connectivity index is 3.41. The van der Waals surface area contributed by atoms with Gasteiger partial charge in [-0.15, -0.1) is 0 Å². The van der Waals surface area contributed by atoms with Crippen molar-refractivity contribution in [3.05, 3.63) is 17.2 Å². The van der Waals surface area contributed by atoms with Crippen molar-refractivity contribution in [3.8, 4) is 17.2 Å². The Bertz CT molecular complexity index is 438. The molecule has 1 rings (SSSR count). The number of benzene rings is 1. The number of carbonyl (C=O) groups excluding carboxylic acids is 1. The van der Waals surface area contributed by atoms with Crippen LogP contribution < -0.4 is 4.74 Å². The van der Waals surface area contributed by atoms with Crippen LogP contribution in [0.4, 0.5) is 0 Å². The van der Waals surface area contributed by atoms with E-state index in [1.54, 1.807) is 13.8 Å². The number of hydrogen-bond donors (Lipinski definition) is 2. The molecule has 0 aliphatic heterocycles. The molecular weight excluding hydrogens is 220 g/mol. The molecule has 1 unspecified atom stereocenters. The second-order valence-corrected chi connectivity index (χ2v) is 4.12. The number of rotatable bonds is 4. The smallest absolute Gasteiger partial charge is 0.173 e. The van der Waals surface area contributed by atoms with Crippen LogP contribution in [0.5, 0.6) is 17.2 Å². The summed E-state index contributed by atoms with van der Waals surface area (Å²) in [5.41, 5.74) is 0.439. The quantitative estimate of drug-likeness (QED) is 0.791. The first-order valence-electron chi connectivity index (χ1n) is 5.57. The first-order valence-corrected chi connectivity index (χ1v) is 5.57. The minimum atomic E-state index is -0.202. The molecule has 0 spiro atoms. The van der Waals surface area contributed by atoms with E-state index in [9.17, 15) is 15.0 Å². The van der Waals surface area contributed by atoms with Gasteiger partial charge in [0.2, 0.25) is 0 Å². The molecule has 4 nitrogen and oxygen atoms in total. The van der Waals surface area contributed by atoms with Crippen LogP contribution in [-0.2, 0) is 0 Å². The van der Waals surface area contributed by atoms with E-state index in [1.165, 1.54) is 13.2 Å². The number of aromatic hydroxyl groups is 2. The van der Waals surface area contributed by atoms with Gasteiger partial charge in [0.1, 0.15) is 22.8 Å². The number of ketones is 1. The van der Waals surface area contributed by atoms with Crippen LogP contribution in [0.15, 0.2) is 6.07 Å². The first-order chi connectivity index (χ1) is 7.93. The molecule has 0 radical (unpaired) electrons. The number of Topliss-reactive ketones (excluding diaryl/α,β-unsaturated/α-hetero) is 1. The summed E-state index contributed by atoms with van der Waals surface area (Å²) in [7, 11) is 1.40.